The molecule has 0 unspecified atom stereocenters. The van der Waals surface area contributed by atoms with E-state index in [1.54, 1.807) is 5.20 Å². The standard InChI is InChI=1S/C14H20Si/c1-3-5-10-13(9-4-2)15-14-11-7-6-8-12-14/h6-8,10-12H,3-5,9H2,1-2H3/b13-10+. The van der Waals surface area contributed by atoms with Crippen LogP contribution >= 0.6 is 0 Å². The summed E-state index contributed by atoms with van der Waals surface area (Å²) < 4.78 is 0. The second kappa shape index (κ2) is 7.47. The molecule has 2 radical (unpaired) electrons. The topological polar surface area (TPSA) is 0 Å². The summed E-state index contributed by atoms with van der Waals surface area (Å²) in [5, 5.41) is 3.10. The summed E-state index contributed by atoms with van der Waals surface area (Å²) >= 11 is 0. The zero-order valence-electron chi connectivity index (χ0n) is 9.79. The predicted octanol–water partition coefficient (Wildman–Crippen LogP) is 3.50. The van der Waals surface area contributed by atoms with Gasteiger partial charge in [-0.3, -0.25) is 0 Å². The molecule has 0 spiro atoms. The smallest absolute Gasteiger partial charge is 0.0893 e. The van der Waals surface area contributed by atoms with Gasteiger partial charge in [-0.05, 0) is 12.8 Å². The average molecular weight is 216 g/mol. The molecule has 80 valence electrons. The van der Waals surface area contributed by atoms with Crippen LogP contribution in [0.4, 0.5) is 0 Å². The van der Waals surface area contributed by atoms with Crippen molar-refractivity contribution in [2.75, 3.05) is 0 Å². The van der Waals surface area contributed by atoms with Gasteiger partial charge in [0.1, 0.15) is 9.52 Å². The number of hydrogen-bond donors (Lipinski definition) is 0. The number of hydrogen-bond acceptors (Lipinski definition) is 0. The van der Waals surface area contributed by atoms with E-state index in [0.29, 0.717) is 0 Å². The van der Waals surface area contributed by atoms with E-state index in [1.807, 2.05) is 0 Å². The minimum absolute atomic E-state index is 0.873. The maximum atomic E-state index is 2.44. The predicted molar refractivity (Wildman–Crippen MR) is 69.7 cm³/mol. The van der Waals surface area contributed by atoms with Gasteiger partial charge in [0, 0.05) is 0 Å². The highest BCUT2D eigenvalue weighted by Gasteiger charge is 1.99. The molecule has 0 aliphatic carbocycles. The second-order valence-corrected chi connectivity index (χ2v) is 5.23. The van der Waals surface area contributed by atoms with Crippen LogP contribution in [0, 0.1) is 0 Å². The first-order valence-electron chi connectivity index (χ1n) is 5.88. The first-order chi connectivity index (χ1) is 7.36. The normalized spacial score (nSPS) is 11.7. The molecular weight excluding hydrogens is 196 g/mol. The van der Waals surface area contributed by atoms with E-state index in [0.717, 1.165) is 9.52 Å². The van der Waals surface area contributed by atoms with Crippen molar-refractivity contribution >= 4 is 14.7 Å². The summed E-state index contributed by atoms with van der Waals surface area (Å²) in [6.45, 7) is 4.50. The first-order valence-corrected chi connectivity index (χ1v) is 6.88. The molecular formula is C14H20Si. The molecule has 0 fully saturated rings. The highest BCUT2D eigenvalue weighted by molar-refractivity contribution is 6.60. The molecule has 0 aliphatic rings. The number of unbranched alkanes of at least 4 members (excludes halogenated alkanes) is 1. The maximum absolute atomic E-state index is 2.44. The summed E-state index contributed by atoms with van der Waals surface area (Å²) in [6, 6.07) is 10.8. The van der Waals surface area contributed by atoms with Crippen LogP contribution in [0.5, 0.6) is 0 Å². The van der Waals surface area contributed by atoms with E-state index in [1.165, 1.54) is 30.9 Å². The molecule has 0 amide bonds. The number of rotatable bonds is 6. The molecule has 0 saturated carbocycles. The molecule has 1 rings (SSSR count). The summed E-state index contributed by atoms with van der Waals surface area (Å²) in [6.07, 6.45) is 7.44. The zero-order valence-corrected chi connectivity index (χ0v) is 10.8. The Bertz CT molecular complexity index is 287. The largest absolute Gasteiger partial charge is 0.115 e. The van der Waals surface area contributed by atoms with Crippen LogP contribution in [0.1, 0.15) is 39.5 Å². The molecule has 0 atom stereocenters. The van der Waals surface area contributed by atoms with Crippen molar-refractivity contribution in [3.05, 3.63) is 41.6 Å². The fraction of sp³-hybridized carbons (Fsp3) is 0.429. The van der Waals surface area contributed by atoms with Gasteiger partial charge >= 0.3 is 0 Å². The Balaban J connectivity index is 2.58. The summed E-state index contributed by atoms with van der Waals surface area (Å²) in [4.78, 5) is 0. The van der Waals surface area contributed by atoms with Crippen LogP contribution in [0.15, 0.2) is 41.6 Å². The highest BCUT2D eigenvalue weighted by atomic mass is 28.2. The van der Waals surface area contributed by atoms with Crippen molar-refractivity contribution in [1.29, 1.82) is 0 Å². The van der Waals surface area contributed by atoms with E-state index in [9.17, 15) is 0 Å². The van der Waals surface area contributed by atoms with E-state index in [2.05, 4.69) is 50.3 Å². The van der Waals surface area contributed by atoms with Crippen molar-refractivity contribution in [3.63, 3.8) is 0 Å². The minimum Gasteiger partial charge on any atom is -0.0893 e. The Morgan fingerprint density at radius 2 is 1.87 bits per heavy atom. The Morgan fingerprint density at radius 3 is 2.47 bits per heavy atom. The van der Waals surface area contributed by atoms with E-state index < -0.39 is 0 Å². The third kappa shape index (κ3) is 4.98. The molecule has 15 heavy (non-hydrogen) atoms. The SMILES string of the molecule is CCC/C=C(\CCC)[Si]c1ccccc1. The molecule has 0 N–H and O–H groups in total. The van der Waals surface area contributed by atoms with Gasteiger partial charge in [-0.15, -0.1) is 0 Å². The number of benzene rings is 1. The number of allylic oxidation sites excluding steroid dienone is 2. The minimum atomic E-state index is 0.873. The van der Waals surface area contributed by atoms with Crippen LogP contribution in [-0.2, 0) is 0 Å². The third-order valence-corrected chi connectivity index (χ3v) is 3.67. The Labute approximate surface area is 96.2 Å². The molecule has 1 heteroatoms. The second-order valence-electron chi connectivity index (χ2n) is 3.76. The molecule has 0 aromatic heterocycles. The quantitative estimate of drug-likeness (QED) is 0.639. The zero-order chi connectivity index (χ0) is 10.9. The third-order valence-electron chi connectivity index (χ3n) is 2.28. The molecule has 1 aromatic rings. The molecule has 0 bridgehead atoms. The molecule has 1 aromatic carbocycles. The van der Waals surface area contributed by atoms with Gasteiger partial charge in [-0.1, -0.05) is 73.5 Å². The lowest BCUT2D eigenvalue weighted by Crippen LogP contribution is -2.15. The van der Waals surface area contributed by atoms with Gasteiger partial charge in [0.15, 0.2) is 0 Å². The lowest BCUT2D eigenvalue weighted by molar-refractivity contribution is 0.908. The van der Waals surface area contributed by atoms with Crippen molar-refractivity contribution in [2.45, 2.75) is 39.5 Å². The molecule has 0 aliphatic heterocycles. The summed E-state index contributed by atoms with van der Waals surface area (Å²) in [5.74, 6) is 0. The van der Waals surface area contributed by atoms with Crippen LogP contribution in [0.2, 0.25) is 0 Å². The highest BCUT2D eigenvalue weighted by Crippen LogP contribution is 2.05. The van der Waals surface area contributed by atoms with Crippen molar-refractivity contribution in [3.8, 4) is 0 Å². The van der Waals surface area contributed by atoms with Gasteiger partial charge in [0.25, 0.3) is 0 Å². The average Bonchev–Trinajstić information content (AvgIpc) is 2.28. The maximum Gasteiger partial charge on any atom is 0.115 e. The monoisotopic (exact) mass is 216 g/mol. The van der Waals surface area contributed by atoms with Crippen molar-refractivity contribution in [1.82, 2.24) is 0 Å². The van der Waals surface area contributed by atoms with Gasteiger partial charge < -0.3 is 0 Å². The fourth-order valence-corrected chi connectivity index (χ4v) is 2.86. The van der Waals surface area contributed by atoms with E-state index in [-0.39, 0.29) is 0 Å². The molecule has 0 nitrogen and oxygen atoms in total. The first kappa shape index (κ1) is 12.2. The molecule has 0 saturated heterocycles. The Hall–Kier alpha value is -0.823. The van der Waals surface area contributed by atoms with Crippen molar-refractivity contribution < 1.29 is 0 Å². The van der Waals surface area contributed by atoms with Crippen molar-refractivity contribution in [2.24, 2.45) is 0 Å². The van der Waals surface area contributed by atoms with Crippen LogP contribution in [0.25, 0.3) is 0 Å². The summed E-state index contributed by atoms with van der Waals surface area (Å²) in [7, 11) is 0.873. The van der Waals surface area contributed by atoms with Crippen LogP contribution in [-0.4, -0.2) is 9.52 Å². The van der Waals surface area contributed by atoms with Crippen LogP contribution < -0.4 is 5.19 Å². The van der Waals surface area contributed by atoms with Gasteiger partial charge in [-0.25, -0.2) is 0 Å². The van der Waals surface area contributed by atoms with Gasteiger partial charge in [0.05, 0.1) is 0 Å². The lowest BCUT2D eigenvalue weighted by Gasteiger charge is -2.05. The lowest BCUT2D eigenvalue weighted by atomic mass is 10.2. The van der Waals surface area contributed by atoms with Crippen LogP contribution in [0.3, 0.4) is 0 Å². The van der Waals surface area contributed by atoms with E-state index in [4.69, 9.17) is 0 Å². The fourth-order valence-electron chi connectivity index (χ4n) is 1.51. The Morgan fingerprint density at radius 1 is 1.13 bits per heavy atom. The molecule has 0 heterocycles. The van der Waals surface area contributed by atoms with Gasteiger partial charge in [0.2, 0.25) is 0 Å². The Kier molecular flexibility index (Phi) is 6.10. The van der Waals surface area contributed by atoms with E-state index >= 15 is 0 Å². The summed E-state index contributed by atoms with van der Waals surface area (Å²) in [5.41, 5.74) is 0. The van der Waals surface area contributed by atoms with Gasteiger partial charge in [-0.2, -0.15) is 0 Å².